The normalized spacial score (nSPS) is 36.7. The van der Waals surface area contributed by atoms with E-state index in [2.05, 4.69) is 20.9 Å². The molecule has 10 heteroatoms. The van der Waals surface area contributed by atoms with E-state index in [-0.39, 0.29) is 41.1 Å². The Bertz CT molecular complexity index is 749. The number of rotatable bonds is 6. The van der Waals surface area contributed by atoms with Gasteiger partial charge in [-0.1, -0.05) is 0 Å². The highest BCUT2D eigenvalue weighted by molar-refractivity contribution is 8.00. The van der Waals surface area contributed by atoms with Crippen molar-refractivity contribution in [1.29, 1.82) is 0 Å². The van der Waals surface area contributed by atoms with Crippen molar-refractivity contribution in [3.8, 4) is 0 Å². The average molecular weight is 495 g/mol. The molecule has 5 aliphatic heterocycles. The van der Waals surface area contributed by atoms with Crippen molar-refractivity contribution in [3.63, 3.8) is 0 Å². The molecule has 5 N–H and O–H groups in total. The molecule has 0 spiro atoms. The Morgan fingerprint density at radius 2 is 2.00 bits per heavy atom. The van der Waals surface area contributed by atoms with Gasteiger partial charge >= 0.3 is 0 Å². The summed E-state index contributed by atoms with van der Waals surface area (Å²) in [6.45, 7) is 6.26. The van der Waals surface area contributed by atoms with E-state index in [9.17, 15) is 14.4 Å². The van der Waals surface area contributed by atoms with Crippen LogP contribution in [0.25, 0.3) is 0 Å². The number of fused-ring (bicyclic) bond motifs is 1. The molecule has 6 atom stereocenters. The SMILES string of the molecule is O=C(NC1CC2C(=O)NCC(CCC(=O)N3CCN(C4CCCC[NH2+]4)CC3)[NH+]2C1)C1CCCS1. The van der Waals surface area contributed by atoms with Crippen molar-refractivity contribution in [2.45, 2.75) is 80.9 Å². The largest absolute Gasteiger partial charge is 0.346 e. The molecule has 9 nitrogen and oxygen atoms in total. The number of piperazine rings is 2. The van der Waals surface area contributed by atoms with E-state index in [4.69, 9.17) is 0 Å². The molecule has 0 aromatic rings. The molecule has 6 unspecified atom stereocenters. The second-order valence-electron chi connectivity index (χ2n) is 10.8. The Labute approximate surface area is 207 Å². The first-order chi connectivity index (χ1) is 16.6. The number of hydrogen-bond donors (Lipinski definition) is 4. The molecule has 3 amide bonds. The first kappa shape index (κ1) is 24.3. The van der Waals surface area contributed by atoms with Gasteiger partial charge in [0.1, 0.15) is 12.2 Å². The molecular formula is C24H42N6O3S+2. The van der Waals surface area contributed by atoms with Gasteiger partial charge in [-0.3, -0.25) is 19.3 Å². The third kappa shape index (κ3) is 5.55. The van der Waals surface area contributed by atoms with Gasteiger partial charge in [-0.25, -0.2) is 0 Å². The maximum atomic E-state index is 13.0. The van der Waals surface area contributed by atoms with Crippen LogP contribution in [0.15, 0.2) is 0 Å². The smallest absolute Gasteiger partial charge is 0.278 e. The first-order valence-corrected chi connectivity index (χ1v) is 14.5. The number of hydrogen-bond acceptors (Lipinski definition) is 5. The van der Waals surface area contributed by atoms with Gasteiger partial charge in [0.2, 0.25) is 11.8 Å². The minimum atomic E-state index is -0.106. The topological polar surface area (TPSA) is 103 Å². The van der Waals surface area contributed by atoms with E-state index in [1.54, 1.807) is 11.8 Å². The number of carbonyl (C=O) groups excluding carboxylic acids is 3. The Balaban J connectivity index is 1.08. The molecule has 0 aliphatic carbocycles. The van der Waals surface area contributed by atoms with E-state index in [1.165, 1.54) is 30.7 Å². The van der Waals surface area contributed by atoms with Crippen molar-refractivity contribution in [1.82, 2.24) is 20.4 Å². The van der Waals surface area contributed by atoms with Crippen LogP contribution in [0.2, 0.25) is 0 Å². The van der Waals surface area contributed by atoms with E-state index < -0.39 is 0 Å². The maximum Gasteiger partial charge on any atom is 0.278 e. The lowest BCUT2D eigenvalue weighted by Crippen LogP contribution is -3.21. The number of quaternary nitrogens is 2. The molecule has 0 radical (unpaired) electrons. The number of nitrogens with zero attached hydrogens (tertiary/aromatic N) is 2. The fourth-order valence-electron chi connectivity index (χ4n) is 6.64. The van der Waals surface area contributed by atoms with Crippen LogP contribution in [0.5, 0.6) is 0 Å². The first-order valence-electron chi connectivity index (χ1n) is 13.5. The molecule has 0 aromatic heterocycles. The standard InChI is InChI=1S/C24H40N6O3S/c31-22(29-11-9-28(10-12-29)21-5-1-2-8-25-21)7-6-18-15-26-23(32)19-14-17(16-30(18)19)27-24(33)20-4-3-13-34-20/h17-21,25H,1-16H2,(H,26,32)(H,27,33)/p+2. The Kier molecular flexibility index (Phi) is 7.97. The molecule has 34 heavy (non-hydrogen) atoms. The zero-order valence-electron chi connectivity index (χ0n) is 20.3. The molecule has 5 saturated heterocycles. The predicted molar refractivity (Wildman–Crippen MR) is 130 cm³/mol. The zero-order chi connectivity index (χ0) is 23.5. The Morgan fingerprint density at radius 1 is 1.15 bits per heavy atom. The third-order valence-corrected chi connectivity index (χ3v) is 9.99. The molecule has 5 heterocycles. The summed E-state index contributed by atoms with van der Waals surface area (Å²) < 4.78 is 0. The molecule has 5 aliphatic rings. The van der Waals surface area contributed by atoms with Gasteiger partial charge in [0.25, 0.3) is 5.91 Å². The van der Waals surface area contributed by atoms with Gasteiger partial charge in [0.05, 0.1) is 30.9 Å². The molecule has 5 rings (SSSR count). The van der Waals surface area contributed by atoms with E-state index in [1.807, 2.05) is 4.90 Å². The quantitative estimate of drug-likeness (QED) is 0.328. The highest BCUT2D eigenvalue weighted by Gasteiger charge is 2.48. The van der Waals surface area contributed by atoms with Gasteiger partial charge in [0, 0.05) is 51.9 Å². The van der Waals surface area contributed by atoms with Crippen LogP contribution in [-0.2, 0) is 14.4 Å². The van der Waals surface area contributed by atoms with Crippen molar-refractivity contribution in [2.75, 3.05) is 51.6 Å². The van der Waals surface area contributed by atoms with Crippen molar-refractivity contribution in [2.24, 2.45) is 0 Å². The van der Waals surface area contributed by atoms with Crippen LogP contribution in [0.4, 0.5) is 0 Å². The molecule has 5 fully saturated rings. The molecular weight excluding hydrogens is 452 g/mol. The fraction of sp³-hybridized carbons (Fsp3) is 0.875. The summed E-state index contributed by atoms with van der Waals surface area (Å²) in [4.78, 5) is 43.9. The number of amides is 3. The second-order valence-corrected chi connectivity index (χ2v) is 12.1. The summed E-state index contributed by atoms with van der Waals surface area (Å²) >= 11 is 1.75. The second kappa shape index (κ2) is 11.1. The van der Waals surface area contributed by atoms with E-state index in [0.717, 1.165) is 57.7 Å². The number of thioether (sulfide) groups is 1. The zero-order valence-corrected chi connectivity index (χ0v) is 21.1. The summed E-state index contributed by atoms with van der Waals surface area (Å²) in [5.74, 6) is 1.56. The number of nitrogens with two attached hydrogens (primary N) is 1. The van der Waals surface area contributed by atoms with Gasteiger partial charge < -0.3 is 25.8 Å². The molecule has 190 valence electrons. The lowest BCUT2D eigenvalue weighted by atomic mass is 10.0. The summed E-state index contributed by atoms with van der Waals surface area (Å²) in [6.07, 6.45) is 8.63. The summed E-state index contributed by atoms with van der Waals surface area (Å²) in [6, 6.07) is 0.193. The number of nitrogens with one attached hydrogen (secondary N) is 3. The highest BCUT2D eigenvalue weighted by atomic mass is 32.2. The lowest BCUT2D eigenvalue weighted by Gasteiger charge is -2.39. The van der Waals surface area contributed by atoms with Crippen molar-refractivity contribution < 1.29 is 24.6 Å². The third-order valence-electron chi connectivity index (χ3n) is 8.62. The maximum absolute atomic E-state index is 13.0. The van der Waals surface area contributed by atoms with Gasteiger partial charge in [-0.05, 0) is 31.4 Å². The van der Waals surface area contributed by atoms with Crippen LogP contribution in [0, 0.1) is 0 Å². The number of carbonyl (C=O) groups is 3. The van der Waals surface area contributed by atoms with E-state index in [0.29, 0.717) is 25.6 Å². The molecule has 0 bridgehead atoms. The van der Waals surface area contributed by atoms with Crippen molar-refractivity contribution >= 4 is 29.5 Å². The summed E-state index contributed by atoms with van der Waals surface area (Å²) in [5.41, 5.74) is 0. The average Bonchev–Trinajstić information content (AvgIpc) is 3.55. The summed E-state index contributed by atoms with van der Waals surface area (Å²) in [5, 5.41) is 8.83. The van der Waals surface area contributed by atoms with Gasteiger partial charge in [0.15, 0.2) is 6.04 Å². The van der Waals surface area contributed by atoms with Gasteiger partial charge in [-0.15, -0.1) is 11.8 Å². The van der Waals surface area contributed by atoms with Crippen LogP contribution < -0.4 is 20.9 Å². The minimum Gasteiger partial charge on any atom is -0.346 e. The Hall–Kier alpha value is -1.36. The molecule has 0 saturated carbocycles. The van der Waals surface area contributed by atoms with Crippen LogP contribution in [0.3, 0.4) is 0 Å². The van der Waals surface area contributed by atoms with Crippen LogP contribution in [0.1, 0.15) is 51.4 Å². The monoisotopic (exact) mass is 494 g/mol. The summed E-state index contributed by atoms with van der Waals surface area (Å²) in [7, 11) is 0. The molecule has 0 aromatic carbocycles. The fourth-order valence-corrected chi connectivity index (χ4v) is 7.81. The van der Waals surface area contributed by atoms with Crippen LogP contribution >= 0.6 is 11.8 Å². The van der Waals surface area contributed by atoms with E-state index >= 15 is 0 Å². The lowest BCUT2D eigenvalue weighted by molar-refractivity contribution is -0.930. The van der Waals surface area contributed by atoms with Crippen LogP contribution in [-0.4, -0.2) is 109 Å². The predicted octanol–water partition coefficient (Wildman–Crippen LogP) is -2.48. The highest BCUT2D eigenvalue weighted by Crippen LogP contribution is 2.26. The van der Waals surface area contributed by atoms with Crippen molar-refractivity contribution in [3.05, 3.63) is 0 Å². The number of piperidine rings is 1. The Morgan fingerprint density at radius 3 is 2.74 bits per heavy atom. The minimum absolute atomic E-state index is 0.0559. The van der Waals surface area contributed by atoms with Gasteiger partial charge in [-0.2, -0.15) is 0 Å².